The maximum absolute atomic E-state index is 11.3. The predicted octanol–water partition coefficient (Wildman–Crippen LogP) is -0.937. The average Bonchev–Trinajstić information content (AvgIpc) is 2.16. The molecule has 0 aromatic heterocycles. The summed E-state index contributed by atoms with van der Waals surface area (Å²) in [6.45, 7) is 0.875. The number of hydrogen-bond donors (Lipinski definition) is 3. The number of nitrogens with two attached hydrogens (primary N) is 1. The third kappa shape index (κ3) is 5.23. The Bertz CT molecular complexity index is 186. The summed E-state index contributed by atoms with van der Waals surface area (Å²) in [7, 11) is 1.75. The molecule has 0 aromatic rings. The molecule has 0 aliphatic heterocycles. The molecule has 0 aromatic carbocycles. The van der Waals surface area contributed by atoms with Crippen LogP contribution in [0.5, 0.6) is 0 Å². The number of carbonyl (C=O) groups is 1. The molecule has 0 spiro atoms. The zero-order chi connectivity index (χ0) is 10.1. The molecule has 1 atom stereocenters. The quantitative estimate of drug-likeness (QED) is 0.466. The summed E-state index contributed by atoms with van der Waals surface area (Å²) in [5.41, 5.74) is 5.34. The number of hydrogen-bond acceptors (Lipinski definition) is 3. The SMILES string of the molecule is C#CCNC(=O)C(CCCN)NC. The van der Waals surface area contributed by atoms with E-state index in [1.165, 1.54) is 0 Å². The Labute approximate surface area is 79.3 Å². The molecule has 0 fully saturated rings. The molecule has 0 aliphatic carbocycles. The van der Waals surface area contributed by atoms with Crippen molar-refractivity contribution < 1.29 is 4.79 Å². The van der Waals surface area contributed by atoms with E-state index >= 15 is 0 Å². The summed E-state index contributed by atoms with van der Waals surface area (Å²) in [6.07, 6.45) is 6.58. The molecule has 4 nitrogen and oxygen atoms in total. The molecular formula is C9H17N3O. The van der Waals surface area contributed by atoms with Gasteiger partial charge in [0, 0.05) is 0 Å². The predicted molar refractivity (Wildman–Crippen MR) is 53.0 cm³/mol. The fraction of sp³-hybridized carbons (Fsp3) is 0.667. The minimum absolute atomic E-state index is 0.0612. The molecule has 0 heterocycles. The molecule has 0 radical (unpaired) electrons. The van der Waals surface area contributed by atoms with Gasteiger partial charge in [-0.2, -0.15) is 0 Å². The number of carbonyl (C=O) groups excluding carboxylic acids is 1. The Morgan fingerprint density at radius 1 is 1.69 bits per heavy atom. The number of terminal acetylenes is 1. The van der Waals surface area contributed by atoms with Gasteiger partial charge >= 0.3 is 0 Å². The number of rotatable bonds is 6. The van der Waals surface area contributed by atoms with E-state index in [4.69, 9.17) is 12.2 Å². The summed E-state index contributed by atoms with van der Waals surface area (Å²) in [5.74, 6) is 2.29. The molecule has 0 saturated heterocycles. The van der Waals surface area contributed by atoms with E-state index in [1.54, 1.807) is 7.05 Å². The first kappa shape index (κ1) is 11.9. The third-order valence-corrected chi connectivity index (χ3v) is 1.73. The molecule has 1 unspecified atom stereocenters. The van der Waals surface area contributed by atoms with Crippen molar-refractivity contribution in [1.29, 1.82) is 0 Å². The lowest BCUT2D eigenvalue weighted by atomic mass is 10.1. The highest BCUT2D eigenvalue weighted by molar-refractivity contribution is 5.81. The van der Waals surface area contributed by atoms with Gasteiger partial charge in [-0.15, -0.1) is 6.42 Å². The Hall–Kier alpha value is -1.05. The summed E-state index contributed by atoms with van der Waals surface area (Å²) in [4.78, 5) is 11.3. The molecule has 1 amide bonds. The van der Waals surface area contributed by atoms with Gasteiger partial charge in [0.05, 0.1) is 12.6 Å². The van der Waals surface area contributed by atoms with Crippen molar-refractivity contribution in [3.63, 3.8) is 0 Å². The Morgan fingerprint density at radius 3 is 2.85 bits per heavy atom. The van der Waals surface area contributed by atoms with Crippen LogP contribution in [-0.2, 0) is 4.79 Å². The lowest BCUT2D eigenvalue weighted by Crippen LogP contribution is -2.42. The van der Waals surface area contributed by atoms with Crippen LogP contribution in [0.1, 0.15) is 12.8 Å². The van der Waals surface area contributed by atoms with Gasteiger partial charge in [-0.05, 0) is 26.4 Å². The number of nitrogens with one attached hydrogen (secondary N) is 2. The summed E-state index contributed by atoms with van der Waals surface area (Å²) >= 11 is 0. The first-order valence-electron chi connectivity index (χ1n) is 4.34. The van der Waals surface area contributed by atoms with Gasteiger partial charge < -0.3 is 16.4 Å². The molecule has 4 N–H and O–H groups in total. The highest BCUT2D eigenvalue weighted by Crippen LogP contribution is 1.94. The van der Waals surface area contributed by atoms with Crippen LogP contribution in [0.25, 0.3) is 0 Å². The molecule has 0 saturated carbocycles. The van der Waals surface area contributed by atoms with Crippen LogP contribution in [0.15, 0.2) is 0 Å². The van der Waals surface area contributed by atoms with Crippen molar-refractivity contribution >= 4 is 5.91 Å². The van der Waals surface area contributed by atoms with E-state index in [2.05, 4.69) is 16.6 Å². The molecule has 0 bridgehead atoms. The highest BCUT2D eigenvalue weighted by Gasteiger charge is 2.13. The monoisotopic (exact) mass is 183 g/mol. The van der Waals surface area contributed by atoms with Gasteiger partial charge in [-0.3, -0.25) is 4.79 Å². The van der Waals surface area contributed by atoms with Crippen molar-refractivity contribution in [2.45, 2.75) is 18.9 Å². The third-order valence-electron chi connectivity index (χ3n) is 1.73. The topological polar surface area (TPSA) is 67.2 Å². The molecule has 13 heavy (non-hydrogen) atoms. The average molecular weight is 183 g/mol. The van der Waals surface area contributed by atoms with Gasteiger partial charge in [-0.25, -0.2) is 0 Å². The van der Waals surface area contributed by atoms with Crippen molar-refractivity contribution in [3.05, 3.63) is 0 Å². The second-order valence-electron chi connectivity index (χ2n) is 2.69. The smallest absolute Gasteiger partial charge is 0.237 e. The van der Waals surface area contributed by atoms with Gasteiger partial charge in [-0.1, -0.05) is 5.92 Å². The highest BCUT2D eigenvalue weighted by atomic mass is 16.2. The zero-order valence-electron chi connectivity index (χ0n) is 7.97. The summed E-state index contributed by atoms with van der Waals surface area (Å²) in [6, 6.07) is -0.183. The minimum Gasteiger partial charge on any atom is -0.344 e. The fourth-order valence-electron chi connectivity index (χ4n) is 0.990. The largest absolute Gasteiger partial charge is 0.344 e. The second-order valence-corrected chi connectivity index (χ2v) is 2.69. The van der Waals surface area contributed by atoms with Crippen LogP contribution < -0.4 is 16.4 Å². The first-order valence-corrected chi connectivity index (χ1v) is 4.34. The van der Waals surface area contributed by atoms with Crippen molar-refractivity contribution in [3.8, 4) is 12.3 Å². The van der Waals surface area contributed by atoms with E-state index in [0.29, 0.717) is 6.54 Å². The van der Waals surface area contributed by atoms with Crippen LogP contribution in [-0.4, -0.2) is 32.1 Å². The van der Waals surface area contributed by atoms with Crippen molar-refractivity contribution in [2.24, 2.45) is 5.73 Å². The van der Waals surface area contributed by atoms with E-state index in [9.17, 15) is 4.79 Å². The normalized spacial score (nSPS) is 11.8. The molecule has 74 valence electrons. The lowest BCUT2D eigenvalue weighted by Gasteiger charge is -2.14. The van der Waals surface area contributed by atoms with E-state index in [1.807, 2.05) is 0 Å². The van der Waals surface area contributed by atoms with Crippen LogP contribution in [0, 0.1) is 12.3 Å². The fourth-order valence-corrected chi connectivity index (χ4v) is 0.990. The van der Waals surface area contributed by atoms with E-state index in [-0.39, 0.29) is 18.5 Å². The Morgan fingerprint density at radius 2 is 2.38 bits per heavy atom. The van der Waals surface area contributed by atoms with Gasteiger partial charge in [0.15, 0.2) is 0 Å². The first-order chi connectivity index (χ1) is 6.26. The minimum atomic E-state index is -0.183. The van der Waals surface area contributed by atoms with Gasteiger partial charge in [0.2, 0.25) is 5.91 Å². The summed E-state index contributed by atoms with van der Waals surface area (Å²) in [5, 5.41) is 5.52. The van der Waals surface area contributed by atoms with Crippen LogP contribution in [0.4, 0.5) is 0 Å². The van der Waals surface area contributed by atoms with E-state index in [0.717, 1.165) is 12.8 Å². The molecule has 0 rings (SSSR count). The zero-order valence-corrected chi connectivity index (χ0v) is 7.97. The van der Waals surface area contributed by atoms with Crippen LogP contribution >= 0.6 is 0 Å². The summed E-state index contributed by atoms with van der Waals surface area (Å²) < 4.78 is 0. The van der Waals surface area contributed by atoms with Crippen LogP contribution in [0.2, 0.25) is 0 Å². The lowest BCUT2D eigenvalue weighted by molar-refractivity contribution is -0.122. The number of likely N-dealkylation sites (N-methyl/N-ethyl adjacent to an activating group) is 1. The Balaban J connectivity index is 3.79. The standard InChI is InChI=1S/C9H17N3O/c1-3-7-12-9(13)8(11-2)5-4-6-10/h1,8,11H,4-7,10H2,2H3,(H,12,13). The second kappa shape index (κ2) is 7.59. The number of amides is 1. The molecule has 4 heteroatoms. The molecule has 0 aliphatic rings. The van der Waals surface area contributed by atoms with Gasteiger partial charge in [0.1, 0.15) is 0 Å². The van der Waals surface area contributed by atoms with Crippen molar-refractivity contribution in [2.75, 3.05) is 20.1 Å². The Kier molecular flexibility index (Phi) is 6.98. The van der Waals surface area contributed by atoms with Crippen molar-refractivity contribution in [1.82, 2.24) is 10.6 Å². The maximum Gasteiger partial charge on any atom is 0.237 e. The van der Waals surface area contributed by atoms with E-state index < -0.39 is 0 Å². The maximum atomic E-state index is 11.3. The van der Waals surface area contributed by atoms with Crippen LogP contribution in [0.3, 0.4) is 0 Å². The van der Waals surface area contributed by atoms with Gasteiger partial charge in [0.25, 0.3) is 0 Å². The molecular weight excluding hydrogens is 166 g/mol.